The number of benzene rings is 1. The molecule has 1 fully saturated rings. The van der Waals surface area contributed by atoms with Gasteiger partial charge >= 0.3 is 0 Å². The summed E-state index contributed by atoms with van der Waals surface area (Å²) < 4.78 is 0. The maximum Gasteiger partial charge on any atom is 0.231 e. The van der Waals surface area contributed by atoms with Gasteiger partial charge in [-0.1, -0.05) is 24.3 Å². The van der Waals surface area contributed by atoms with Crippen LogP contribution in [-0.4, -0.2) is 15.9 Å². The van der Waals surface area contributed by atoms with E-state index in [0.29, 0.717) is 6.54 Å². The molecule has 3 aromatic rings. The molecule has 2 aromatic heterocycles. The van der Waals surface area contributed by atoms with E-state index in [2.05, 4.69) is 21.4 Å². The van der Waals surface area contributed by atoms with Gasteiger partial charge < -0.3 is 10.3 Å². The van der Waals surface area contributed by atoms with Crippen LogP contribution in [0.15, 0.2) is 54.9 Å². The Morgan fingerprint density at radius 1 is 1.18 bits per heavy atom. The van der Waals surface area contributed by atoms with Gasteiger partial charge in [-0.15, -0.1) is 0 Å². The fraction of sp³-hybridized carbons (Fsp3) is 0.222. The Morgan fingerprint density at radius 3 is 2.77 bits per heavy atom. The predicted octanol–water partition coefficient (Wildman–Crippen LogP) is 2.91. The van der Waals surface area contributed by atoms with Crippen LogP contribution < -0.4 is 5.32 Å². The summed E-state index contributed by atoms with van der Waals surface area (Å²) >= 11 is 0. The molecule has 2 N–H and O–H groups in total. The van der Waals surface area contributed by atoms with Crippen LogP contribution in [0, 0.1) is 0 Å². The molecule has 0 aliphatic heterocycles. The van der Waals surface area contributed by atoms with Crippen molar-refractivity contribution in [2.45, 2.75) is 24.8 Å². The molecule has 1 aromatic carbocycles. The quantitative estimate of drug-likeness (QED) is 0.776. The van der Waals surface area contributed by atoms with Gasteiger partial charge in [0, 0.05) is 23.3 Å². The van der Waals surface area contributed by atoms with Gasteiger partial charge in [-0.3, -0.25) is 9.78 Å². The monoisotopic (exact) mass is 291 g/mol. The highest BCUT2D eigenvalue weighted by Gasteiger charge is 2.52. The SMILES string of the molecule is O=C(NCc1ccccn1)C1(c2c[nH]c3ccccc23)CC1. The van der Waals surface area contributed by atoms with E-state index in [-0.39, 0.29) is 11.3 Å². The van der Waals surface area contributed by atoms with Crippen LogP contribution in [0.25, 0.3) is 10.9 Å². The Balaban J connectivity index is 1.57. The first kappa shape index (κ1) is 13.1. The zero-order valence-electron chi connectivity index (χ0n) is 12.2. The first-order valence-corrected chi connectivity index (χ1v) is 7.54. The van der Waals surface area contributed by atoms with E-state index in [1.807, 2.05) is 42.6 Å². The van der Waals surface area contributed by atoms with E-state index in [4.69, 9.17) is 0 Å². The number of amides is 1. The third kappa shape index (κ3) is 2.08. The van der Waals surface area contributed by atoms with Crippen molar-refractivity contribution < 1.29 is 4.79 Å². The molecule has 0 saturated heterocycles. The van der Waals surface area contributed by atoms with Crippen molar-refractivity contribution >= 4 is 16.8 Å². The fourth-order valence-electron chi connectivity index (χ4n) is 3.05. The summed E-state index contributed by atoms with van der Waals surface area (Å²) in [7, 11) is 0. The topological polar surface area (TPSA) is 57.8 Å². The molecule has 1 aliphatic carbocycles. The Labute approximate surface area is 128 Å². The highest BCUT2D eigenvalue weighted by molar-refractivity contribution is 5.97. The standard InChI is InChI=1S/C18H17N3O/c22-17(21-11-13-5-3-4-10-19-13)18(8-9-18)15-12-20-16-7-2-1-6-14(15)16/h1-7,10,12,20H,8-9,11H2,(H,21,22). The molecule has 0 unspecified atom stereocenters. The molecule has 110 valence electrons. The molecule has 4 nitrogen and oxygen atoms in total. The number of hydrogen-bond acceptors (Lipinski definition) is 2. The number of nitrogens with one attached hydrogen (secondary N) is 2. The molecule has 4 rings (SSSR count). The van der Waals surface area contributed by atoms with Crippen LogP contribution in [-0.2, 0) is 16.8 Å². The number of carbonyl (C=O) groups excluding carboxylic acids is 1. The third-order valence-electron chi connectivity index (χ3n) is 4.45. The summed E-state index contributed by atoms with van der Waals surface area (Å²) in [4.78, 5) is 20.2. The van der Waals surface area contributed by atoms with E-state index in [1.54, 1.807) is 6.20 Å². The lowest BCUT2D eigenvalue weighted by Crippen LogP contribution is -2.34. The number of carbonyl (C=O) groups is 1. The number of hydrogen-bond donors (Lipinski definition) is 2. The van der Waals surface area contributed by atoms with Gasteiger partial charge in [0.05, 0.1) is 17.7 Å². The number of aromatic nitrogens is 2. The van der Waals surface area contributed by atoms with Crippen molar-refractivity contribution in [3.8, 4) is 0 Å². The Morgan fingerprint density at radius 2 is 2.00 bits per heavy atom. The highest BCUT2D eigenvalue weighted by atomic mass is 16.2. The minimum absolute atomic E-state index is 0.0999. The summed E-state index contributed by atoms with van der Waals surface area (Å²) in [6.07, 6.45) is 5.54. The minimum Gasteiger partial charge on any atom is -0.361 e. The summed E-state index contributed by atoms with van der Waals surface area (Å²) in [5, 5.41) is 4.19. The molecule has 0 bridgehead atoms. The number of nitrogens with zero attached hydrogens (tertiary/aromatic N) is 1. The van der Waals surface area contributed by atoms with Crippen molar-refractivity contribution in [1.82, 2.24) is 15.3 Å². The predicted molar refractivity (Wildman–Crippen MR) is 85.3 cm³/mol. The first-order chi connectivity index (χ1) is 10.8. The molecule has 22 heavy (non-hydrogen) atoms. The van der Waals surface area contributed by atoms with Crippen molar-refractivity contribution in [3.05, 3.63) is 66.1 Å². The largest absolute Gasteiger partial charge is 0.361 e. The average molecular weight is 291 g/mol. The van der Waals surface area contributed by atoms with Gasteiger partial charge in [-0.2, -0.15) is 0 Å². The van der Waals surface area contributed by atoms with Crippen molar-refractivity contribution in [2.24, 2.45) is 0 Å². The molecule has 0 radical (unpaired) electrons. The van der Waals surface area contributed by atoms with E-state index < -0.39 is 0 Å². The van der Waals surface area contributed by atoms with E-state index in [1.165, 1.54) is 0 Å². The molecular formula is C18H17N3O. The fourth-order valence-corrected chi connectivity index (χ4v) is 3.05. The second kappa shape index (κ2) is 4.98. The summed E-state index contributed by atoms with van der Waals surface area (Å²) in [5.41, 5.74) is 2.71. The highest BCUT2D eigenvalue weighted by Crippen LogP contribution is 2.50. The van der Waals surface area contributed by atoms with Gasteiger partial charge in [0.25, 0.3) is 0 Å². The Bertz CT molecular complexity index is 818. The van der Waals surface area contributed by atoms with Crippen LogP contribution in [0.3, 0.4) is 0 Å². The molecule has 1 saturated carbocycles. The molecule has 1 aliphatic rings. The van der Waals surface area contributed by atoms with Crippen LogP contribution in [0.5, 0.6) is 0 Å². The Hall–Kier alpha value is -2.62. The smallest absolute Gasteiger partial charge is 0.231 e. The number of rotatable bonds is 4. The van der Waals surface area contributed by atoms with E-state index >= 15 is 0 Å². The lowest BCUT2D eigenvalue weighted by molar-refractivity contribution is -0.123. The molecule has 1 amide bonds. The number of pyridine rings is 1. The van der Waals surface area contributed by atoms with Crippen LogP contribution in [0.4, 0.5) is 0 Å². The third-order valence-corrected chi connectivity index (χ3v) is 4.45. The number of fused-ring (bicyclic) bond motifs is 1. The lowest BCUT2D eigenvalue weighted by atomic mass is 9.94. The van der Waals surface area contributed by atoms with Crippen molar-refractivity contribution in [1.29, 1.82) is 0 Å². The molecule has 0 atom stereocenters. The van der Waals surface area contributed by atoms with Gasteiger partial charge in [-0.25, -0.2) is 0 Å². The molecule has 2 heterocycles. The summed E-state index contributed by atoms with van der Waals surface area (Å²) in [6.45, 7) is 0.476. The molecular weight excluding hydrogens is 274 g/mol. The van der Waals surface area contributed by atoms with Crippen LogP contribution in [0.1, 0.15) is 24.1 Å². The molecule has 4 heteroatoms. The molecule has 0 spiro atoms. The van der Waals surface area contributed by atoms with E-state index in [0.717, 1.165) is 35.0 Å². The zero-order chi connectivity index (χ0) is 15.0. The van der Waals surface area contributed by atoms with Crippen molar-refractivity contribution in [2.75, 3.05) is 0 Å². The van der Waals surface area contributed by atoms with E-state index in [9.17, 15) is 4.79 Å². The van der Waals surface area contributed by atoms with Gasteiger partial charge in [0.2, 0.25) is 5.91 Å². The normalized spacial score (nSPS) is 15.6. The summed E-state index contributed by atoms with van der Waals surface area (Å²) in [5.74, 6) is 0.0999. The lowest BCUT2D eigenvalue weighted by Gasteiger charge is -2.14. The number of aromatic amines is 1. The zero-order valence-corrected chi connectivity index (χ0v) is 12.2. The van der Waals surface area contributed by atoms with Gasteiger partial charge in [0.1, 0.15) is 0 Å². The second-order valence-electron chi connectivity index (χ2n) is 5.83. The number of para-hydroxylation sites is 1. The van der Waals surface area contributed by atoms with Crippen LogP contribution in [0.2, 0.25) is 0 Å². The summed E-state index contributed by atoms with van der Waals surface area (Å²) in [6, 6.07) is 13.9. The minimum atomic E-state index is -0.367. The Kier molecular flexibility index (Phi) is 2.96. The first-order valence-electron chi connectivity index (χ1n) is 7.54. The maximum atomic E-state index is 12.7. The number of H-pyrrole nitrogens is 1. The maximum absolute atomic E-state index is 12.7. The van der Waals surface area contributed by atoms with Crippen LogP contribution >= 0.6 is 0 Å². The van der Waals surface area contributed by atoms with Gasteiger partial charge in [-0.05, 0) is 36.6 Å². The van der Waals surface area contributed by atoms with Crippen molar-refractivity contribution in [3.63, 3.8) is 0 Å². The second-order valence-corrected chi connectivity index (χ2v) is 5.83. The van der Waals surface area contributed by atoms with Gasteiger partial charge in [0.15, 0.2) is 0 Å². The average Bonchev–Trinajstić information content (AvgIpc) is 3.26.